The molecule has 11 heteroatoms. The van der Waals surface area contributed by atoms with Crippen LogP contribution in [0.25, 0.3) is 0 Å². The van der Waals surface area contributed by atoms with Crippen LogP contribution in [0, 0.1) is 5.82 Å². The number of methoxy groups -OCH3 is 1. The largest absolute Gasteiger partial charge is 0.497 e. The monoisotopic (exact) mass is 465 g/mol. The first-order valence-corrected chi connectivity index (χ1v) is 10.6. The van der Waals surface area contributed by atoms with Gasteiger partial charge in [0.05, 0.1) is 20.2 Å². The first-order valence-electron chi connectivity index (χ1n) is 10.6. The molecule has 3 N–H and O–H groups in total. The molecule has 0 atom stereocenters. The highest BCUT2D eigenvalue weighted by Crippen LogP contribution is 2.13. The summed E-state index contributed by atoms with van der Waals surface area (Å²) in [6.07, 6.45) is 3.33. The molecule has 0 amide bonds. The number of hydrogen-bond donors (Lipinski definition) is 3. The van der Waals surface area contributed by atoms with E-state index in [2.05, 4.69) is 25.6 Å². The third-order valence-corrected chi connectivity index (χ3v) is 5.10. The van der Waals surface area contributed by atoms with Crippen LogP contribution in [0.3, 0.4) is 0 Å². The van der Waals surface area contributed by atoms with Crippen LogP contribution in [0.5, 0.6) is 5.75 Å². The molecule has 0 bridgehead atoms. The Bertz CT molecular complexity index is 1330. The minimum Gasteiger partial charge on any atom is -0.497 e. The predicted molar refractivity (Wildman–Crippen MR) is 126 cm³/mol. The van der Waals surface area contributed by atoms with Gasteiger partial charge in [0.2, 0.25) is 5.95 Å². The summed E-state index contributed by atoms with van der Waals surface area (Å²) in [5.74, 6) is 1.06. The Kier molecular flexibility index (Phi) is 7.01. The number of halogens is 1. The summed E-state index contributed by atoms with van der Waals surface area (Å²) in [4.78, 5) is 37.2. The van der Waals surface area contributed by atoms with Gasteiger partial charge in [-0.25, -0.2) is 23.5 Å². The van der Waals surface area contributed by atoms with Crippen LogP contribution in [-0.4, -0.2) is 44.3 Å². The van der Waals surface area contributed by atoms with Crippen LogP contribution in [0.15, 0.2) is 70.5 Å². The quantitative estimate of drug-likeness (QED) is 0.306. The second-order valence-corrected chi connectivity index (χ2v) is 7.44. The molecule has 2 heterocycles. The maximum Gasteiger partial charge on any atom is 0.355 e. The maximum atomic E-state index is 13.3. The van der Waals surface area contributed by atoms with E-state index in [-0.39, 0.29) is 19.0 Å². The third kappa shape index (κ3) is 5.49. The number of aromatic amines is 1. The molecule has 0 aliphatic carbocycles. The minimum absolute atomic E-state index is 0.0200. The number of anilines is 2. The van der Waals surface area contributed by atoms with Crippen molar-refractivity contribution in [3.05, 3.63) is 98.8 Å². The lowest BCUT2D eigenvalue weighted by Crippen LogP contribution is -2.43. The molecule has 0 saturated heterocycles. The molecular formula is C23H24FN7O3. The van der Waals surface area contributed by atoms with Gasteiger partial charge in [-0.3, -0.25) is 4.57 Å². The van der Waals surface area contributed by atoms with Gasteiger partial charge >= 0.3 is 11.4 Å². The molecule has 2 aromatic heterocycles. The number of nitrogens with zero attached hydrogens (tertiary/aromatic N) is 4. The van der Waals surface area contributed by atoms with Crippen molar-refractivity contribution in [1.82, 2.24) is 24.1 Å². The summed E-state index contributed by atoms with van der Waals surface area (Å²) >= 11 is 0. The topological polar surface area (TPSA) is 119 Å². The molecule has 4 aromatic rings. The van der Waals surface area contributed by atoms with Gasteiger partial charge in [-0.2, -0.15) is 4.98 Å². The normalized spacial score (nSPS) is 10.8. The lowest BCUT2D eigenvalue weighted by molar-refractivity contribution is 0.414. The Labute approximate surface area is 194 Å². The van der Waals surface area contributed by atoms with Gasteiger partial charge in [0.25, 0.3) is 0 Å². The van der Waals surface area contributed by atoms with E-state index in [1.807, 2.05) is 12.1 Å². The van der Waals surface area contributed by atoms with Crippen molar-refractivity contribution in [2.75, 3.05) is 30.8 Å². The smallest absolute Gasteiger partial charge is 0.355 e. The Morgan fingerprint density at radius 3 is 2.24 bits per heavy atom. The van der Waals surface area contributed by atoms with Crippen LogP contribution in [-0.2, 0) is 13.1 Å². The maximum absolute atomic E-state index is 13.3. The van der Waals surface area contributed by atoms with E-state index < -0.39 is 17.2 Å². The van der Waals surface area contributed by atoms with Gasteiger partial charge in [0, 0.05) is 25.5 Å². The van der Waals surface area contributed by atoms with Crippen LogP contribution in [0.4, 0.5) is 16.3 Å². The zero-order chi connectivity index (χ0) is 23.9. The number of ether oxygens (including phenoxy) is 1. The third-order valence-electron chi connectivity index (χ3n) is 5.10. The van der Waals surface area contributed by atoms with E-state index in [0.29, 0.717) is 30.4 Å². The van der Waals surface area contributed by atoms with Crippen LogP contribution in [0.1, 0.15) is 11.1 Å². The fraction of sp³-hybridized carbons (Fsp3) is 0.217. The average molecular weight is 465 g/mol. The molecule has 0 spiro atoms. The van der Waals surface area contributed by atoms with Gasteiger partial charge in [-0.15, -0.1) is 0 Å². The van der Waals surface area contributed by atoms with Gasteiger partial charge < -0.3 is 20.4 Å². The number of rotatable bonds is 10. The number of benzene rings is 2. The molecular weight excluding hydrogens is 441 g/mol. The standard InChI is InChI=1S/C23H24FN7O3/c1-34-19-8-4-17(5-9-19)14-30-21(28-13-12-27-20-25-10-11-26-20)29-22(32)31(23(30)33)15-16-2-6-18(24)7-3-16/h2-11H,12-15H2,1H3,(H2,25,26,27)(H,28,29,32). The zero-order valence-electron chi connectivity index (χ0n) is 18.5. The molecule has 0 saturated carbocycles. The molecule has 0 aliphatic heterocycles. The second-order valence-electron chi connectivity index (χ2n) is 7.44. The summed E-state index contributed by atoms with van der Waals surface area (Å²) in [6.45, 7) is 1.03. The van der Waals surface area contributed by atoms with Crippen LogP contribution < -0.4 is 26.7 Å². The molecule has 0 unspecified atom stereocenters. The second kappa shape index (κ2) is 10.5. The van der Waals surface area contributed by atoms with Crippen molar-refractivity contribution in [2.24, 2.45) is 0 Å². The summed E-state index contributed by atoms with van der Waals surface area (Å²) in [5, 5.41) is 6.14. The molecule has 0 radical (unpaired) electrons. The van der Waals surface area contributed by atoms with E-state index >= 15 is 0 Å². The summed E-state index contributed by atoms with van der Waals surface area (Å²) in [7, 11) is 1.58. The lowest BCUT2D eigenvalue weighted by Gasteiger charge is -2.16. The molecule has 4 rings (SSSR count). The lowest BCUT2D eigenvalue weighted by atomic mass is 10.2. The molecule has 2 aromatic carbocycles. The Balaban J connectivity index is 1.61. The molecule has 34 heavy (non-hydrogen) atoms. The summed E-state index contributed by atoms with van der Waals surface area (Å²) in [6, 6.07) is 12.9. The number of hydrogen-bond acceptors (Lipinski definition) is 7. The predicted octanol–water partition coefficient (Wildman–Crippen LogP) is 1.90. The first-order chi connectivity index (χ1) is 16.5. The van der Waals surface area contributed by atoms with Crippen LogP contribution >= 0.6 is 0 Å². The number of H-pyrrole nitrogens is 1. The van der Waals surface area contributed by atoms with Crippen molar-refractivity contribution in [3.8, 4) is 5.75 Å². The van der Waals surface area contributed by atoms with Crippen LogP contribution in [0.2, 0.25) is 0 Å². The number of imidazole rings is 1. The number of aromatic nitrogens is 5. The van der Waals surface area contributed by atoms with E-state index in [4.69, 9.17) is 4.74 Å². The Morgan fingerprint density at radius 1 is 0.941 bits per heavy atom. The molecule has 0 fully saturated rings. The highest BCUT2D eigenvalue weighted by atomic mass is 19.1. The fourth-order valence-electron chi connectivity index (χ4n) is 3.35. The minimum atomic E-state index is -0.693. The van der Waals surface area contributed by atoms with Gasteiger partial charge in [0.15, 0.2) is 5.95 Å². The molecule has 0 aliphatic rings. The van der Waals surface area contributed by atoms with E-state index in [1.54, 1.807) is 31.6 Å². The first kappa shape index (κ1) is 22.8. The zero-order valence-corrected chi connectivity index (χ0v) is 18.5. The fourth-order valence-corrected chi connectivity index (χ4v) is 3.35. The number of nitrogens with one attached hydrogen (secondary N) is 3. The van der Waals surface area contributed by atoms with Crippen molar-refractivity contribution in [2.45, 2.75) is 13.1 Å². The molecule has 10 nitrogen and oxygen atoms in total. The van der Waals surface area contributed by atoms with Crippen molar-refractivity contribution >= 4 is 11.9 Å². The highest BCUT2D eigenvalue weighted by molar-refractivity contribution is 5.31. The van der Waals surface area contributed by atoms with Gasteiger partial charge in [0.1, 0.15) is 11.6 Å². The van der Waals surface area contributed by atoms with Crippen molar-refractivity contribution < 1.29 is 9.13 Å². The molecule has 176 valence electrons. The van der Waals surface area contributed by atoms with Gasteiger partial charge in [-0.1, -0.05) is 24.3 Å². The van der Waals surface area contributed by atoms with Crippen molar-refractivity contribution in [3.63, 3.8) is 0 Å². The summed E-state index contributed by atoms with van der Waals surface area (Å²) < 4.78 is 20.9. The Morgan fingerprint density at radius 2 is 1.59 bits per heavy atom. The van der Waals surface area contributed by atoms with E-state index in [1.165, 1.54) is 28.8 Å². The van der Waals surface area contributed by atoms with Crippen molar-refractivity contribution in [1.29, 1.82) is 0 Å². The SMILES string of the molecule is COc1ccc(Cn2c(NCCNc3ncc[nH]3)nc(=O)n(Cc3ccc(F)cc3)c2=O)cc1. The highest BCUT2D eigenvalue weighted by Gasteiger charge is 2.14. The summed E-state index contributed by atoms with van der Waals surface area (Å²) in [5.41, 5.74) is 0.221. The Hall–Kier alpha value is -4.41. The van der Waals surface area contributed by atoms with Gasteiger partial charge in [-0.05, 0) is 35.4 Å². The van der Waals surface area contributed by atoms with E-state index in [0.717, 1.165) is 10.1 Å². The van der Waals surface area contributed by atoms with E-state index in [9.17, 15) is 14.0 Å². The average Bonchev–Trinajstić information content (AvgIpc) is 3.37.